The number of fused-ring (bicyclic) bond motifs is 1. The fraction of sp³-hybridized carbons (Fsp3) is 0.684. The molecule has 0 spiro atoms. The van der Waals surface area contributed by atoms with Gasteiger partial charge in [-0.25, -0.2) is 19.5 Å². The van der Waals surface area contributed by atoms with Crippen LogP contribution in [0.15, 0.2) is 12.4 Å². The predicted molar refractivity (Wildman–Crippen MR) is 109 cm³/mol. The number of aromatic nitrogens is 2. The number of ether oxygens (including phenoxy) is 3. The van der Waals surface area contributed by atoms with E-state index in [0.29, 0.717) is 0 Å². The molecule has 2 amide bonds. The minimum atomic E-state index is -0.756. The fourth-order valence-corrected chi connectivity index (χ4v) is 3.72. The summed E-state index contributed by atoms with van der Waals surface area (Å²) in [5.41, 5.74) is -0.749. The SMILES string of the molecule is CN(C)C(=S)OC(C1CCCn2ccnc21)[C@@H]1COC(=O)N1C(=O)OC(C)(C)C. The second-order valence-corrected chi connectivity index (χ2v) is 8.81. The summed E-state index contributed by atoms with van der Waals surface area (Å²) in [4.78, 5) is 32.3. The monoisotopic (exact) mass is 424 g/mol. The Kier molecular flexibility index (Phi) is 6.02. The number of rotatable bonds is 3. The zero-order chi connectivity index (χ0) is 21.3. The van der Waals surface area contributed by atoms with Crippen molar-refractivity contribution in [2.75, 3.05) is 20.7 Å². The minimum absolute atomic E-state index is 0.00991. The summed E-state index contributed by atoms with van der Waals surface area (Å²) in [5.74, 6) is 0.701. The van der Waals surface area contributed by atoms with Crippen molar-refractivity contribution in [3.63, 3.8) is 0 Å². The zero-order valence-electron chi connectivity index (χ0n) is 17.5. The van der Waals surface area contributed by atoms with Gasteiger partial charge in [-0.15, -0.1) is 0 Å². The van der Waals surface area contributed by atoms with E-state index in [1.54, 1.807) is 46.0 Å². The van der Waals surface area contributed by atoms with Crippen molar-refractivity contribution < 1.29 is 23.8 Å². The van der Waals surface area contributed by atoms with Gasteiger partial charge in [0.15, 0.2) is 0 Å². The van der Waals surface area contributed by atoms with Crippen molar-refractivity contribution in [1.82, 2.24) is 19.4 Å². The van der Waals surface area contributed by atoms with Gasteiger partial charge in [0.05, 0.1) is 5.92 Å². The molecule has 1 aromatic heterocycles. The third-order valence-electron chi connectivity index (χ3n) is 4.87. The molecule has 2 aliphatic heterocycles. The fourth-order valence-electron chi connectivity index (χ4n) is 3.61. The molecule has 3 atom stereocenters. The van der Waals surface area contributed by atoms with Gasteiger partial charge in [0, 0.05) is 33.0 Å². The van der Waals surface area contributed by atoms with Crippen LogP contribution in [0, 0.1) is 0 Å². The number of hydrogen-bond acceptors (Lipinski definition) is 7. The molecule has 0 bridgehead atoms. The molecule has 1 aromatic rings. The first kappa shape index (κ1) is 21.4. The van der Waals surface area contributed by atoms with Crippen LogP contribution in [0.4, 0.5) is 9.59 Å². The molecular formula is C19H28N4O5S. The van der Waals surface area contributed by atoms with Gasteiger partial charge in [-0.1, -0.05) is 0 Å². The van der Waals surface area contributed by atoms with Crippen molar-refractivity contribution in [1.29, 1.82) is 0 Å². The largest absolute Gasteiger partial charge is 0.464 e. The number of amides is 2. The van der Waals surface area contributed by atoms with E-state index >= 15 is 0 Å². The van der Waals surface area contributed by atoms with Crippen LogP contribution >= 0.6 is 12.2 Å². The number of cyclic esters (lactones) is 1. The molecule has 10 heteroatoms. The quantitative estimate of drug-likeness (QED) is 0.685. The Morgan fingerprint density at radius 1 is 1.41 bits per heavy atom. The van der Waals surface area contributed by atoms with Crippen LogP contribution in [-0.4, -0.2) is 75.2 Å². The lowest BCUT2D eigenvalue weighted by Crippen LogP contribution is -2.52. The van der Waals surface area contributed by atoms with Gasteiger partial charge in [-0.3, -0.25) is 0 Å². The van der Waals surface area contributed by atoms with Crippen LogP contribution in [0.2, 0.25) is 0 Å². The van der Waals surface area contributed by atoms with E-state index in [-0.39, 0.29) is 17.7 Å². The summed E-state index contributed by atoms with van der Waals surface area (Å²) in [7, 11) is 3.56. The molecule has 0 aromatic carbocycles. The first-order valence-corrected chi connectivity index (χ1v) is 10.1. The van der Waals surface area contributed by atoms with Crippen molar-refractivity contribution in [2.45, 2.75) is 63.8 Å². The summed E-state index contributed by atoms with van der Waals surface area (Å²) in [5, 5.41) is 0.266. The Morgan fingerprint density at radius 3 is 2.79 bits per heavy atom. The molecule has 2 aliphatic rings. The number of thiocarbonyl (C=S) groups is 1. The van der Waals surface area contributed by atoms with Crippen LogP contribution in [-0.2, 0) is 20.8 Å². The first-order chi connectivity index (χ1) is 13.6. The molecule has 0 saturated carbocycles. The van der Waals surface area contributed by atoms with E-state index in [1.807, 2.05) is 6.20 Å². The molecule has 3 heterocycles. The Balaban J connectivity index is 1.94. The number of imidazole rings is 1. The van der Waals surface area contributed by atoms with Gasteiger partial charge in [-0.2, -0.15) is 0 Å². The molecular weight excluding hydrogens is 396 g/mol. The molecule has 2 unspecified atom stereocenters. The van der Waals surface area contributed by atoms with Crippen LogP contribution < -0.4 is 0 Å². The standard InChI is InChI=1S/C19H28N4O5S/c1-19(2,3)28-17(25)23-13(11-26-16(23)24)14(27-18(29)21(4)5)12-7-6-9-22-10-8-20-15(12)22/h8,10,12-14H,6-7,9,11H2,1-5H3/t12?,13-,14?/m0/s1. The lowest BCUT2D eigenvalue weighted by Gasteiger charge is -2.36. The first-order valence-electron chi connectivity index (χ1n) is 9.66. The maximum Gasteiger partial charge on any atom is 0.420 e. The normalized spacial score (nSPS) is 22.5. The van der Waals surface area contributed by atoms with Gasteiger partial charge in [0.1, 0.15) is 30.2 Å². The van der Waals surface area contributed by atoms with Crippen molar-refractivity contribution >= 4 is 29.6 Å². The smallest absolute Gasteiger partial charge is 0.420 e. The average molecular weight is 425 g/mol. The highest BCUT2D eigenvalue weighted by Crippen LogP contribution is 2.36. The van der Waals surface area contributed by atoms with Crippen molar-refractivity contribution in [3.05, 3.63) is 18.2 Å². The zero-order valence-corrected chi connectivity index (χ0v) is 18.3. The van der Waals surface area contributed by atoms with Crippen LogP contribution in [0.5, 0.6) is 0 Å². The molecule has 1 fully saturated rings. The third kappa shape index (κ3) is 4.63. The maximum atomic E-state index is 12.8. The Morgan fingerprint density at radius 2 is 2.14 bits per heavy atom. The van der Waals surface area contributed by atoms with E-state index in [1.165, 1.54) is 0 Å². The van der Waals surface area contributed by atoms with Crippen molar-refractivity contribution in [3.8, 4) is 0 Å². The van der Waals surface area contributed by atoms with Gasteiger partial charge >= 0.3 is 12.2 Å². The van der Waals surface area contributed by atoms with Gasteiger partial charge < -0.3 is 23.7 Å². The molecule has 3 rings (SSSR count). The van der Waals surface area contributed by atoms with Gasteiger partial charge in [0.25, 0.3) is 5.17 Å². The Labute approximate surface area is 175 Å². The summed E-state index contributed by atoms with van der Waals surface area (Å²) in [6, 6.07) is -0.677. The minimum Gasteiger partial charge on any atom is -0.464 e. The van der Waals surface area contributed by atoms with Gasteiger partial charge in [0.2, 0.25) is 0 Å². The summed E-state index contributed by atoms with van der Waals surface area (Å²) in [6.07, 6.45) is 3.29. The average Bonchev–Trinajstić information content (AvgIpc) is 3.24. The molecule has 9 nitrogen and oxygen atoms in total. The molecule has 1 saturated heterocycles. The maximum absolute atomic E-state index is 12.8. The summed E-state index contributed by atoms with van der Waals surface area (Å²) < 4.78 is 18.9. The predicted octanol–water partition coefficient (Wildman–Crippen LogP) is 2.75. The third-order valence-corrected chi connectivity index (χ3v) is 5.33. The number of imide groups is 1. The van der Waals surface area contributed by atoms with Crippen LogP contribution in [0.3, 0.4) is 0 Å². The number of hydrogen-bond donors (Lipinski definition) is 0. The molecule has 160 valence electrons. The van der Waals surface area contributed by atoms with Crippen molar-refractivity contribution in [2.24, 2.45) is 0 Å². The van der Waals surface area contributed by atoms with E-state index in [9.17, 15) is 9.59 Å². The summed E-state index contributed by atoms with van der Waals surface area (Å²) in [6.45, 7) is 6.11. The number of carbonyl (C=O) groups excluding carboxylic acids is 2. The van der Waals surface area contributed by atoms with Crippen LogP contribution in [0.1, 0.15) is 45.4 Å². The van der Waals surface area contributed by atoms with E-state index in [4.69, 9.17) is 26.4 Å². The number of carbonyl (C=O) groups is 2. The highest BCUT2D eigenvalue weighted by molar-refractivity contribution is 7.80. The van der Waals surface area contributed by atoms with Crippen LogP contribution in [0.25, 0.3) is 0 Å². The second-order valence-electron chi connectivity index (χ2n) is 8.46. The lowest BCUT2D eigenvalue weighted by atomic mass is 9.88. The molecule has 0 aliphatic carbocycles. The highest BCUT2D eigenvalue weighted by atomic mass is 32.1. The molecule has 0 radical (unpaired) electrons. The van der Waals surface area contributed by atoms with E-state index < -0.39 is 29.9 Å². The lowest BCUT2D eigenvalue weighted by molar-refractivity contribution is 0.00977. The van der Waals surface area contributed by atoms with E-state index in [0.717, 1.165) is 30.1 Å². The molecule has 29 heavy (non-hydrogen) atoms. The van der Waals surface area contributed by atoms with E-state index in [2.05, 4.69) is 9.55 Å². The Bertz CT molecular complexity index is 788. The van der Waals surface area contributed by atoms with Gasteiger partial charge in [-0.05, 0) is 45.8 Å². The highest BCUT2D eigenvalue weighted by Gasteiger charge is 2.49. The molecule has 0 N–H and O–H groups in total. The number of nitrogens with zero attached hydrogens (tertiary/aromatic N) is 4. The Hall–Kier alpha value is -2.36. The second kappa shape index (κ2) is 8.17. The topological polar surface area (TPSA) is 86.1 Å². The summed E-state index contributed by atoms with van der Waals surface area (Å²) >= 11 is 5.37. The number of aryl methyl sites for hydroxylation is 1.